The van der Waals surface area contributed by atoms with Gasteiger partial charge in [0.1, 0.15) is 11.2 Å². The van der Waals surface area contributed by atoms with Crippen LogP contribution in [0, 0.1) is 0 Å². The van der Waals surface area contributed by atoms with Crippen molar-refractivity contribution in [3.63, 3.8) is 0 Å². The van der Waals surface area contributed by atoms with Gasteiger partial charge in [0.2, 0.25) is 0 Å². The molecule has 11 rings (SSSR count). The molecule has 0 bridgehead atoms. The third-order valence-corrected chi connectivity index (χ3v) is 13.0. The van der Waals surface area contributed by atoms with E-state index in [9.17, 15) is 0 Å². The number of fused-ring (bicyclic) bond motifs is 5. The maximum Gasteiger partial charge on any atom is 0.136 e. The summed E-state index contributed by atoms with van der Waals surface area (Å²) in [6, 6.07) is 79.4. The standard InChI is InChI=1S/C62H50N2O/c1-41(2)43-23-25-46(26-24-43)56-20-12-14-22-60(56)64(52-31-27-44(28-32-52)42(3)4)54-34-30-48-38-58-57-37-47-29-33-53(35-49(47)39-61(57)65-62(58)40-50(48)36-54)63(51-17-9-6-10-18-51)59-21-13-11-19-55(59)45-15-7-5-8-16-45/h5-42H,1-4H3. The van der Waals surface area contributed by atoms with Gasteiger partial charge in [0, 0.05) is 44.6 Å². The van der Waals surface area contributed by atoms with Gasteiger partial charge in [0.25, 0.3) is 0 Å². The second kappa shape index (κ2) is 16.7. The molecule has 0 aliphatic carbocycles. The molecule has 11 aromatic rings. The summed E-state index contributed by atoms with van der Waals surface area (Å²) in [5.74, 6) is 0.921. The zero-order chi connectivity index (χ0) is 44.0. The summed E-state index contributed by atoms with van der Waals surface area (Å²) >= 11 is 0. The molecule has 0 aliphatic rings. The Kier molecular flexibility index (Phi) is 10.2. The topological polar surface area (TPSA) is 19.6 Å². The van der Waals surface area contributed by atoms with Crippen molar-refractivity contribution >= 4 is 77.6 Å². The molecule has 0 fully saturated rings. The predicted octanol–water partition coefficient (Wildman–Crippen LogP) is 18.4. The highest BCUT2D eigenvalue weighted by Crippen LogP contribution is 2.45. The Labute approximate surface area is 381 Å². The highest BCUT2D eigenvalue weighted by atomic mass is 16.3. The Morgan fingerprint density at radius 3 is 1.22 bits per heavy atom. The number of para-hydroxylation sites is 3. The van der Waals surface area contributed by atoms with Gasteiger partial charge < -0.3 is 14.2 Å². The summed E-state index contributed by atoms with van der Waals surface area (Å²) in [6.45, 7) is 8.99. The first-order valence-electron chi connectivity index (χ1n) is 22.8. The van der Waals surface area contributed by atoms with Crippen LogP contribution in [0.25, 0.3) is 65.7 Å². The van der Waals surface area contributed by atoms with Crippen LogP contribution >= 0.6 is 0 Å². The van der Waals surface area contributed by atoms with Gasteiger partial charge in [-0.2, -0.15) is 0 Å². The molecule has 3 heteroatoms. The number of nitrogens with zero attached hydrogens (tertiary/aromatic N) is 2. The van der Waals surface area contributed by atoms with Crippen molar-refractivity contribution in [1.29, 1.82) is 0 Å². The Balaban J connectivity index is 1.02. The third-order valence-electron chi connectivity index (χ3n) is 13.0. The number of hydrogen-bond donors (Lipinski definition) is 0. The summed E-state index contributed by atoms with van der Waals surface area (Å²) in [5, 5.41) is 6.81. The number of anilines is 6. The van der Waals surface area contributed by atoms with E-state index < -0.39 is 0 Å². The van der Waals surface area contributed by atoms with Gasteiger partial charge >= 0.3 is 0 Å². The fourth-order valence-electron chi connectivity index (χ4n) is 9.45. The van der Waals surface area contributed by atoms with E-state index in [-0.39, 0.29) is 0 Å². The lowest BCUT2D eigenvalue weighted by Gasteiger charge is -2.28. The molecule has 0 N–H and O–H groups in total. The molecular formula is C62H50N2O. The van der Waals surface area contributed by atoms with Crippen molar-refractivity contribution in [3.05, 3.63) is 230 Å². The van der Waals surface area contributed by atoms with Crippen LogP contribution < -0.4 is 9.80 Å². The van der Waals surface area contributed by atoms with Crippen molar-refractivity contribution in [2.24, 2.45) is 0 Å². The van der Waals surface area contributed by atoms with Gasteiger partial charge in [0.05, 0.1) is 11.4 Å². The van der Waals surface area contributed by atoms with Crippen molar-refractivity contribution in [3.8, 4) is 22.3 Å². The van der Waals surface area contributed by atoms with Crippen LogP contribution in [0.3, 0.4) is 0 Å². The minimum absolute atomic E-state index is 0.446. The van der Waals surface area contributed by atoms with E-state index >= 15 is 0 Å². The maximum absolute atomic E-state index is 6.80. The quantitative estimate of drug-likeness (QED) is 0.137. The molecule has 0 radical (unpaired) electrons. The van der Waals surface area contributed by atoms with E-state index in [1.165, 1.54) is 44.2 Å². The molecule has 1 heterocycles. The van der Waals surface area contributed by atoms with E-state index in [2.05, 4.69) is 256 Å². The molecule has 0 aliphatic heterocycles. The molecule has 1 aromatic heterocycles. The van der Waals surface area contributed by atoms with Gasteiger partial charge in [-0.25, -0.2) is 0 Å². The monoisotopic (exact) mass is 838 g/mol. The molecule has 10 aromatic carbocycles. The van der Waals surface area contributed by atoms with E-state index in [4.69, 9.17) is 4.42 Å². The molecule has 0 saturated heterocycles. The smallest absolute Gasteiger partial charge is 0.136 e. The molecular weight excluding hydrogens is 789 g/mol. The number of furan rings is 1. The summed E-state index contributed by atoms with van der Waals surface area (Å²) in [7, 11) is 0. The average molecular weight is 839 g/mol. The Bertz CT molecular complexity index is 3480. The molecule has 3 nitrogen and oxygen atoms in total. The van der Waals surface area contributed by atoms with E-state index in [1.54, 1.807) is 0 Å². The first-order valence-corrected chi connectivity index (χ1v) is 22.8. The second-order valence-corrected chi connectivity index (χ2v) is 17.8. The number of benzene rings is 10. The average Bonchev–Trinajstić information content (AvgIpc) is 3.69. The van der Waals surface area contributed by atoms with Crippen LogP contribution in [0.15, 0.2) is 223 Å². The fourth-order valence-corrected chi connectivity index (χ4v) is 9.45. The van der Waals surface area contributed by atoms with Gasteiger partial charge in [-0.15, -0.1) is 0 Å². The van der Waals surface area contributed by atoms with Gasteiger partial charge in [0.15, 0.2) is 0 Å². The lowest BCUT2D eigenvalue weighted by molar-refractivity contribution is 0.670. The first kappa shape index (κ1) is 39.9. The molecule has 314 valence electrons. The largest absolute Gasteiger partial charge is 0.456 e. The molecule has 0 atom stereocenters. The summed E-state index contributed by atoms with van der Waals surface area (Å²) < 4.78 is 6.80. The summed E-state index contributed by atoms with van der Waals surface area (Å²) in [5.41, 5.74) is 15.8. The van der Waals surface area contributed by atoms with E-state index in [1.807, 2.05) is 0 Å². The summed E-state index contributed by atoms with van der Waals surface area (Å²) in [4.78, 5) is 4.76. The van der Waals surface area contributed by atoms with Crippen molar-refractivity contribution in [2.75, 3.05) is 9.80 Å². The van der Waals surface area contributed by atoms with Crippen LogP contribution in [0.4, 0.5) is 34.1 Å². The SMILES string of the molecule is CC(C)c1ccc(-c2ccccc2N(c2ccc(C(C)C)cc2)c2ccc3cc4c(cc3c2)oc2cc3cc(N(c5ccccc5)c5ccccc5-c5ccccc5)ccc3cc24)cc1. The molecule has 0 amide bonds. The van der Waals surface area contributed by atoms with Crippen molar-refractivity contribution < 1.29 is 4.42 Å². The normalized spacial score (nSPS) is 11.7. The van der Waals surface area contributed by atoms with Gasteiger partial charge in [-0.05, 0) is 141 Å². The van der Waals surface area contributed by atoms with E-state index in [0.717, 1.165) is 66.8 Å². The predicted molar refractivity (Wildman–Crippen MR) is 277 cm³/mol. The molecule has 0 saturated carbocycles. The van der Waals surface area contributed by atoms with Crippen LogP contribution in [0.2, 0.25) is 0 Å². The Morgan fingerprint density at radius 2 is 0.723 bits per heavy atom. The van der Waals surface area contributed by atoms with Crippen LogP contribution in [-0.2, 0) is 0 Å². The zero-order valence-electron chi connectivity index (χ0n) is 37.2. The third kappa shape index (κ3) is 7.49. The summed E-state index contributed by atoms with van der Waals surface area (Å²) in [6.07, 6.45) is 0. The molecule has 0 unspecified atom stereocenters. The van der Waals surface area contributed by atoms with Crippen LogP contribution in [0.5, 0.6) is 0 Å². The van der Waals surface area contributed by atoms with Crippen LogP contribution in [0.1, 0.15) is 50.7 Å². The van der Waals surface area contributed by atoms with Gasteiger partial charge in [-0.1, -0.05) is 161 Å². The minimum atomic E-state index is 0.446. The number of hydrogen-bond acceptors (Lipinski definition) is 3. The Morgan fingerprint density at radius 1 is 0.323 bits per heavy atom. The van der Waals surface area contributed by atoms with Gasteiger partial charge in [-0.3, -0.25) is 0 Å². The minimum Gasteiger partial charge on any atom is -0.456 e. The fraction of sp³-hybridized carbons (Fsp3) is 0.0968. The van der Waals surface area contributed by atoms with E-state index in [0.29, 0.717) is 11.8 Å². The first-order chi connectivity index (χ1) is 31.9. The lowest BCUT2D eigenvalue weighted by atomic mass is 9.96. The maximum atomic E-state index is 6.80. The molecule has 0 spiro atoms. The Hall–Kier alpha value is -7.88. The highest BCUT2D eigenvalue weighted by Gasteiger charge is 2.21. The lowest BCUT2D eigenvalue weighted by Crippen LogP contribution is -2.11. The second-order valence-electron chi connectivity index (χ2n) is 17.8. The number of rotatable bonds is 10. The zero-order valence-corrected chi connectivity index (χ0v) is 37.2. The highest BCUT2D eigenvalue weighted by molar-refractivity contribution is 6.14. The molecule has 65 heavy (non-hydrogen) atoms. The van der Waals surface area contributed by atoms with Crippen molar-refractivity contribution in [2.45, 2.75) is 39.5 Å². The van der Waals surface area contributed by atoms with Crippen LogP contribution in [-0.4, -0.2) is 0 Å². The van der Waals surface area contributed by atoms with Crippen molar-refractivity contribution in [1.82, 2.24) is 0 Å².